The largest absolute Gasteiger partial charge is 0.350 e. The highest BCUT2D eigenvalue weighted by Crippen LogP contribution is 2.16. The highest BCUT2D eigenvalue weighted by molar-refractivity contribution is 5.06. The Morgan fingerprint density at radius 3 is 2.45 bits per heavy atom. The van der Waals surface area contributed by atoms with Crippen molar-refractivity contribution in [1.82, 2.24) is 14.8 Å². The van der Waals surface area contributed by atoms with Crippen LogP contribution in [0.3, 0.4) is 0 Å². The highest BCUT2D eigenvalue weighted by atomic mass is 15.1. The summed E-state index contributed by atoms with van der Waals surface area (Å²) in [5.74, 6) is 0.778. The molecular weight excluding hydrogens is 246 g/mol. The van der Waals surface area contributed by atoms with Crippen molar-refractivity contribution >= 4 is 0 Å². The second-order valence-corrected chi connectivity index (χ2v) is 5.93. The standard InChI is InChI=1S/C17H33N3/c1-6-11-20-12-9-10-16(20)13-18-14-17(19(4)5)15(7-2)8-3/h9-10,12,15,17-18H,6-8,11,13-14H2,1-5H3. The molecule has 116 valence electrons. The topological polar surface area (TPSA) is 20.2 Å². The summed E-state index contributed by atoms with van der Waals surface area (Å²) < 4.78 is 2.36. The Bertz CT molecular complexity index is 353. The van der Waals surface area contributed by atoms with Crippen molar-refractivity contribution < 1.29 is 0 Å². The maximum Gasteiger partial charge on any atom is 0.0359 e. The van der Waals surface area contributed by atoms with Gasteiger partial charge in [-0.2, -0.15) is 0 Å². The molecule has 0 bridgehead atoms. The lowest BCUT2D eigenvalue weighted by Gasteiger charge is -2.31. The minimum absolute atomic E-state index is 0.625. The van der Waals surface area contributed by atoms with E-state index in [-0.39, 0.29) is 0 Å². The summed E-state index contributed by atoms with van der Waals surface area (Å²) in [5.41, 5.74) is 1.40. The van der Waals surface area contributed by atoms with Crippen molar-refractivity contribution in [1.29, 1.82) is 0 Å². The molecule has 3 heteroatoms. The Morgan fingerprint density at radius 2 is 1.90 bits per heavy atom. The van der Waals surface area contributed by atoms with Crippen molar-refractivity contribution in [2.75, 3.05) is 20.6 Å². The van der Waals surface area contributed by atoms with E-state index in [4.69, 9.17) is 0 Å². The normalized spacial score (nSPS) is 13.3. The van der Waals surface area contributed by atoms with E-state index < -0.39 is 0 Å². The van der Waals surface area contributed by atoms with Gasteiger partial charge in [-0.25, -0.2) is 0 Å². The number of hydrogen-bond acceptors (Lipinski definition) is 2. The number of aryl methyl sites for hydroxylation is 1. The van der Waals surface area contributed by atoms with E-state index in [1.165, 1.54) is 25.0 Å². The summed E-state index contributed by atoms with van der Waals surface area (Å²) in [7, 11) is 4.40. The minimum atomic E-state index is 0.625. The summed E-state index contributed by atoms with van der Waals surface area (Å²) in [6, 6.07) is 5.00. The predicted molar refractivity (Wildman–Crippen MR) is 88.0 cm³/mol. The molecule has 0 amide bonds. The van der Waals surface area contributed by atoms with Crippen LogP contribution in [0.2, 0.25) is 0 Å². The highest BCUT2D eigenvalue weighted by Gasteiger charge is 2.20. The molecule has 20 heavy (non-hydrogen) atoms. The number of aromatic nitrogens is 1. The molecule has 1 aromatic heterocycles. The molecule has 0 spiro atoms. The van der Waals surface area contributed by atoms with E-state index >= 15 is 0 Å². The SMILES string of the molecule is CCCn1cccc1CNCC(C(CC)CC)N(C)C. The zero-order chi connectivity index (χ0) is 15.0. The van der Waals surface area contributed by atoms with Gasteiger partial charge in [-0.1, -0.05) is 33.6 Å². The Balaban J connectivity index is 2.49. The third-order valence-electron chi connectivity index (χ3n) is 4.30. The molecule has 0 aliphatic heterocycles. The molecule has 0 radical (unpaired) electrons. The van der Waals surface area contributed by atoms with Gasteiger partial charge in [0.05, 0.1) is 0 Å². The van der Waals surface area contributed by atoms with Gasteiger partial charge in [0.15, 0.2) is 0 Å². The molecule has 1 unspecified atom stereocenters. The van der Waals surface area contributed by atoms with Crippen LogP contribution in [0, 0.1) is 5.92 Å². The molecule has 3 nitrogen and oxygen atoms in total. The first-order valence-electron chi connectivity index (χ1n) is 8.15. The lowest BCUT2D eigenvalue weighted by atomic mass is 9.93. The Labute approximate surface area is 125 Å². The quantitative estimate of drug-likeness (QED) is 0.709. The van der Waals surface area contributed by atoms with Crippen LogP contribution >= 0.6 is 0 Å². The fourth-order valence-corrected chi connectivity index (χ4v) is 3.02. The molecule has 1 heterocycles. The monoisotopic (exact) mass is 279 g/mol. The van der Waals surface area contributed by atoms with Crippen molar-refractivity contribution in [2.45, 2.75) is 59.2 Å². The van der Waals surface area contributed by atoms with Crippen LogP contribution in [-0.4, -0.2) is 36.1 Å². The average molecular weight is 279 g/mol. The van der Waals surface area contributed by atoms with Crippen LogP contribution in [0.15, 0.2) is 18.3 Å². The molecule has 1 N–H and O–H groups in total. The van der Waals surface area contributed by atoms with Crippen LogP contribution in [0.25, 0.3) is 0 Å². The molecule has 0 aromatic carbocycles. The van der Waals surface area contributed by atoms with Crippen LogP contribution in [-0.2, 0) is 13.1 Å². The summed E-state index contributed by atoms with van der Waals surface area (Å²) in [6.45, 7) is 9.99. The van der Waals surface area contributed by atoms with Gasteiger partial charge in [0.1, 0.15) is 0 Å². The van der Waals surface area contributed by atoms with Gasteiger partial charge >= 0.3 is 0 Å². The first-order valence-corrected chi connectivity index (χ1v) is 8.15. The number of likely N-dealkylation sites (N-methyl/N-ethyl adjacent to an activating group) is 1. The number of nitrogens with zero attached hydrogens (tertiary/aromatic N) is 2. The minimum Gasteiger partial charge on any atom is -0.350 e. The van der Waals surface area contributed by atoms with E-state index in [0.29, 0.717) is 6.04 Å². The molecular formula is C17H33N3. The van der Waals surface area contributed by atoms with Crippen LogP contribution in [0.5, 0.6) is 0 Å². The Kier molecular flexibility index (Phi) is 7.93. The number of nitrogens with one attached hydrogen (secondary N) is 1. The summed E-state index contributed by atoms with van der Waals surface area (Å²) >= 11 is 0. The van der Waals surface area contributed by atoms with Crippen molar-refractivity contribution in [3.63, 3.8) is 0 Å². The van der Waals surface area contributed by atoms with E-state index in [2.05, 4.69) is 68.0 Å². The first-order chi connectivity index (χ1) is 9.63. The maximum absolute atomic E-state index is 3.65. The molecule has 1 rings (SSSR count). The maximum atomic E-state index is 3.65. The second kappa shape index (κ2) is 9.19. The van der Waals surface area contributed by atoms with Gasteiger partial charge in [-0.05, 0) is 38.6 Å². The van der Waals surface area contributed by atoms with Gasteiger partial charge in [-0.3, -0.25) is 0 Å². The number of rotatable bonds is 10. The molecule has 1 atom stereocenters. The fourth-order valence-electron chi connectivity index (χ4n) is 3.02. The third kappa shape index (κ3) is 4.95. The molecule has 0 aliphatic rings. The van der Waals surface area contributed by atoms with E-state index in [1.54, 1.807) is 0 Å². The van der Waals surface area contributed by atoms with Crippen LogP contribution < -0.4 is 5.32 Å². The lowest BCUT2D eigenvalue weighted by Crippen LogP contribution is -2.43. The van der Waals surface area contributed by atoms with Crippen LogP contribution in [0.4, 0.5) is 0 Å². The second-order valence-electron chi connectivity index (χ2n) is 5.93. The predicted octanol–water partition coefficient (Wildman–Crippen LogP) is 3.35. The van der Waals surface area contributed by atoms with E-state index in [0.717, 1.165) is 25.6 Å². The first kappa shape index (κ1) is 17.3. The van der Waals surface area contributed by atoms with Gasteiger partial charge in [0.2, 0.25) is 0 Å². The van der Waals surface area contributed by atoms with Crippen molar-refractivity contribution in [3.8, 4) is 0 Å². The smallest absolute Gasteiger partial charge is 0.0359 e. The van der Waals surface area contributed by atoms with Crippen molar-refractivity contribution in [2.24, 2.45) is 5.92 Å². The van der Waals surface area contributed by atoms with Gasteiger partial charge in [0.25, 0.3) is 0 Å². The van der Waals surface area contributed by atoms with Crippen LogP contribution in [0.1, 0.15) is 45.7 Å². The lowest BCUT2D eigenvalue weighted by molar-refractivity contribution is 0.193. The zero-order valence-electron chi connectivity index (χ0n) is 14.0. The van der Waals surface area contributed by atoms with E-state index in [1.807, 2.05) is 0 Å². The van der Waals surface area contributed by atoms with Gasteiger partial charge in [-0.15, -0.1) is 0 Å². The third-order valence-corrected chi connectivity index (χ3v) is 4.30. The molecule has 0 saturated heterocycles. The summed E-state index contributed by atoms with van der Waals surface area (Å²) in [6.07, 6.45) is 5.89. The molecule has 0 saturated carbocycles. The molecule has 0 fully saturated rings. The molecule has 1 aromatic rings. The Morgan fingerprint density at radius 1 is 1.20 bits per heavy atom. The molecule has 0 aliphatic carbocycles. The number of hydrogen-bond donors (Lipinski definition) is 1. The summed E-state index contributed by atoms with van der Waals surface area (Å²) in [5, 5.41) is 3.65. The van der Waals surface area contributed by atoms with E-state index in [9.17, 15) is 0 Å². The van der Waals surface area contributed by atoms with Gasteiger partial charge in [0, 0.05) is 37.6 Å². The van der Waals surface area contributed by atoms with Gasteiger partial charge < -0.3 is 14.8 Å². The van der Waals surface area contributed by atoms with Crippen molar-refractivity contribution in [3.05, 3.63) is 24.0 Å². The Hall–Kier alpha value is -0.800. The zero-order valence-corrected chi connectivity index (χ0v) is 14.0. The average Bonchev–Trinajstić information content (AvgIpc) is 2.86. The fraction of sp³-hybridized carbons (Fsp3) is 0.765. The summed E-state index contributed by atoms with van der Waals surface area (Å²) in [4.78, 5) is 2.37.